The lowest BCUT2D eigenvalue weighted by molar-refractivity contribution is 0.0730. The monoisotopic (exact) mass is 390 g/mol. The van der Waals surface area contributed by atoms with E-state index in [1.807, 2.05) is 12.1 Å². The normalized spacial score (nSPS) is 36.2. The molecule has 1 N–H and O–H groups in total. The highest BCUT2D eigenvalue weighted by molar-refractivity contribution is 7.89. The van der Waals surface area contributed by atoms with Gasteiger partial charge in [-0.25, -0.2) is 8.42 Å². The van der Waals surface area contributed by atoms with Crippen LogP contribution < -0.4 is 5.32 Å². The molecule has 1 aliphatic heterocycles. The van der Waals surface area contributed by atoms with Crippen molar-refractivity contribution in [1.82, 2.24) is 9.62 Å². The zero-order valence-electron chi connectivity index (χ0n) is 15.8. The van der Waals surface area contributed by atoms with Crippen molar-refractivity contribution in [3.63, 3.8) is 0 Å². The second kappa shape index (κ2) is 7.14. The largest absolute Gasteiger partial charge is 0.379 e. The number of hydrogen-bond donors (Lipinski definition) is 1. The summed E-state index contributed by atoms with van der Waals surface area (Å²) in [6.07, 6.45) is 7.13. The Morgan fingerprint density at radius 2 is 1.74 bits per heavy atom. The van der Waals surface area contributed by atoms with E-state index in [0.29, 0.717) is 37.2 Å². The number of hydrogen-bond acceptors (Lipinski definition) is 4. The summed E-state index contributed by atoms with van der Waals surface area (Å²) >= 11 is 0. The van der Waals surface area contributed by atoms with Gasteiger partial charge in [-0.05, 0) is 67.1 Å². The highest BCUT2D eigenvalue weighted by Gasteiger charge is 2.53. The average molecular weight is 391 g/mol. The van der Waals surface area contributed by atoms with Crippen molar-refractivity contribution in [2.75, 3.05) is 26.3 Å². The van der Waals surface area contributed by atoms with Gasteiger partial charge in [0.25, 0.3) is 0 Å². The molecule has 4 aliphatic rings. The molecule has 6 heteroatoms. The van der Waals surface area contributed by atoms with E-state index in [-0.39, 0.29) is 0 Å². The molecule has 3 aliphatic carbocycles. The summed E-state index contributed by atoms with van der Waals surface area (Å²) in [7, 11) is -3.39. The number of ether oxygens (including phenoxy) is 1. The molecule has 5 rings (SSSR count). The first-order valence-electron chi connectivity index (χ1n) is 10.5. The Morgan fingerprint density at radius 3 is 2.52 bits per heavy atom. The molecular formula is C21H30N2O3S. The van der Waals surface area contributed by atoms with Crippen molar-refractivity contribution in [3.8, 4) is 0 Å². The Hall–Kier alpha value is -0.950. The standard InChI is InChI=1S/C21H30N2O3S/c24-27(25,23-8-10-26-11-9-23)17-6-4-15(5-7-17)14-22-21-13-16-12-20(21)19-3-1-2-18(16)19/h4-7,16,18-22H,1-3,8-14H2/t16-,18-,19+,20+,21-/m1/s1. The van der Waals surface area contributed by atoms with Crippen molar-refractivity contribution in [2.45, 2.75) is 49.6 Å². The van der Waals surface area contributed by atoms with E-state index < -0.39 is 10.0 Å². The molecular weight excluding hydrogens is 360 g/mol. The van der Waals surface area contributed by atoms with Crippen LogP contribution in [0.3, 0.4) is 0 Å². The first-order chi connectivity index (χ1) is 13.1. The molecule has 148 valence electrons. The fraction of sp³-hybridized carbons (Fsp3) is 0.714. The molecule has 0 radical (unpaired) electrons. The van der Waals surface area contributed by atoms with Crippen LogP contribution in [0.2, 0.25) is 0 Å². The van der Waals surface area contributed by atoms with Gasteiger partial charge in [-0.1, -0.05) is 18.6 Å². The maximum Gasteiger partial charge on any atom is 0.243 e. The van der Waals surface area contributed by atoms with Crippen LogP contribution in [0.25, 0.3) is 0 Å². The number of nitrogens with one attached hydrogen (secondary N) is 1. The quantitative estimate of drug-likeness (QED) is 0.840. The van der Waals surface area contributed by atoms with Crippen LogP contribution in [0, 0.1) is 23.7 Å². The van der Waals surface area contributed by atoms with Crippen molar-refractivity contribution in [3.05, 3.63) is 29.8 Å². The zero-order chi connectivity index (χ0) is 18.4. The number of rotatable bonds is 5. The van der Waals surface area contributed by atoms with E-state index in [1.165, 1.54) is 42.0 Å². The molecule has 5 atom stereocenters. The first kappa shape index (κ1) is 18.1. The van der Waals surface area contributed by atoms with Crippen LogP contribution >= 0.6 is 0 Å². The molecule has 1 saturated heterocycles. The highest BCUT2D eigenvalue weighted by atomic mass is 32.2. The SMILES string of the molecule is O=S(=O)(c1ccc(CN[C@@H]2C[C@H]3C[C@H]2[C@H]2CCC[C@H]32)cc1)N1CCOCC1. The van der Waals surface area contributed by atoms with Crippen LogP contribution in [0.5, 0.6) is 0 Å². The topological polar surface area (TPSA) is 58.6 Å². The molecule has 1 aromatic carbocycles. The molecule has 3 saturated carbocycles. The predicted octanol–water partition coefficient (Wildman–Crippen LogP) is 2.62. The third kappa shape index (κ3) is 3.24. The van der Waals surface area contributed by atoms with Crippen molar-refractivity contribution >= 4 is 10.0 Å². The van der Waals surface area contributed by atoms with Crippen LogP contribution in [0.4, 0.5) is 0 Å². The zero-order valence-corrected chi connectivity index (χ0v) is 16.7. The van der Waals surface area contributed by atoms with Gasteiger partial charge in [0, 0.05) is 25.7 Å². The number of benzene rings is 1. The van der Waals surface area contributed by atoms with Crippen molar-refractivity contribution < 1.29 is 13.2 Å². The predicted molar refractivity (Wildman–Crippen MR) is 104 cm³/mol. The summed E-state index contributed by atoms with van der Waals surface area (Å²) in [6, 6.07) is 8.11. The molecule has 2 bridgehead atoms. The van der Waals surface area contributed by atoms with E-state index in [9.17, 15) is 8.42 Å². The summed E-state index contributed by atoms with van der Waals surface area (Å²) < 4.78 is 32.2. The Balaban J connectivity index is 1.20. The fourth-order valence-electron chi connectivity index (χ4n) is 6.27. The summed E-state index contributed by atoms with van der Waals surface area (Å²) in [5.74, 6) is 3.84. The lowest BCUT2D eigenvalue weighted by Crippen LogP contribution is -2.40. The number of nitrogens with zero attached hydrogens (tertiary/aromatic N) is 1. The molecule has 5 nitrogen and oxygen atoms in total. The third-order valence-corrected chi connectivity index (χ3v) is 9.44. The molecule has 0 amide bonds. The van der Waals surface area contributed by atoms with Gasteiger partial charge in [0.05, 0.1) is 18.1 Å². The Labute approximate surface area is 162 Å². The second-order valence-corrected chi connectivity index (χ2v) is 10.7. The lowest BCUT2D eigenvalue weighted by Gasteiger charge is -2.32. The minimum absolute atomic E-state index is 0.391. The first-order valence-corrected chi connectivity index (χ1v) is 12.0. The van der Waals surface area contributed by atoms with E-state index in [1.54, 1.807) is 12.1 Å². The number of fused-ring (bicyclic) bond motifs is 5. The maximum absolute atomic E-state index is 12.7. The highest BCUT2D eigenvalue weighted by Crippen LogP contribution is 2.58. The fourth-order valence-corrected chi connectivity index (χ4v) is 7.67. The number of morpholine rings is 1. The van der Waals surface area contributed by atoms with Gasteiger partial charge in [-0.3, -0.25) is 0 Å². The second-order valence-electron chi connectivity index (χ2n) is 8.80. The van der Waals surface area contributed by atoms with Gasteiger partial charge in [-0.2, -0.15) is 4.31 Å². The van der Waals surface area contributed by atoms with E-state index in [2.05, 4.69) is 5.32 Å². The molecule has 27 heavy (non-hydrogen) atoms. The van der Waals surface area contributed by atoms with Crippen LogP contribution in [0.15, 0.2) is 29.2 Å². The minimum atomic E-state index is -3.39. The Bertz CT molecular complexity index is 773. The van der Waals surface area contributed by atoms with Gasteiger partial charge in [0.2, 0.25) is 10.0 Å². The van der Waals surface area contributed by atoms with Gasteiger partial charge in [0.15, 0.2) is 0 Å². The molecule has 0 unspecified atom stereocenters. The number of sulfonamides is 1. The average Bonchev–Trinajstić information content (AvgIpc) is 3.41. The third-order valence-electron chi connectivity index (χ3n) is 7.53. The van der Waals surface area contributed by atoms with Crippen molar-refractivity contribution in [1.29, 1.82) is 0 Å². The van der Waals surface area contributed by atoms with E-state index in [0.717, 1.165) is 30.2 Å². The van der Waals surface area contributed by atoms with Crippen LogP contribution in [0.1, 0.15) is 37.7 Å². The maximum atomic E-state index is 12.7. The van der Waals surface area contributed by atoms with Gasteiger partial charge in [0.1, 0.15) is 0 Å². The van der Waals surface area contributed by atoms with Gasteiger partial charge < -0.3 is 10.1 Å². The van der Waals surface area contributed by atoms with Gasteiger partial charge in [-0.15, -0.1) is 0 Å². The minimum Gasteiger partial charge on any atom is -0.379 e. The smallest absolute Gasteiger partial charge is 0.243 e. The summed E-state index contributed by atoms with van der Waals surface area (Å²) in [6.45, 7) is 2.68. The molecule has 4 fully saturated rings. The molecule has 1 heterocycles. The summed E-state index contributed by atoms with van der Waals surface area (Å²) in [4.78, 5) is 0.391. The Kier molecular flexibility index (Phi) is 4.79. The summed E-state index contributed by atoms with van der Waals surface area (Å²) in [5.41, 5.74) is 1.17. The van der Waals surface area contributed by atoms with E-state index in [4.69, 9.17) is 4.74 Å². The van der Waals surface area contributed by atoms with E-state index >= 15 is 0 Å². The van der Waals surface area contributed by atoms with Crippen LogP contribution in [-0.2, 0) is 21.3 Å². The molecule has 0 spiro atoms. The lowest BCUT2D eigenvalue weighted by atomic mass is 9.79. The molecule has 0 aromatic heterocycles. The van der Waals surface area contributed by atoms with Crippen molar-refractivity contribution in [2.24, 2.45) is 23.7 Å². The van der Waals surface area contributed by atoms with Crippen LogP contribution in [-0.4, -0.2) is 45.1 Å². The van der Waals surface area contributed by atoms with Gasteiger partial charge >= 0.3 is 0 Å². The molecule has 1 aromatic rings. The summed E-state index contributed by atoms with van der Waals surface area (Å²) in [5, 5.41) is 3.79. The Morgan fingerprint density at radius 1 is 1.00 bits per heavy atom.